The molecular weight excluding hydrogens is 180 g/mol. The highest BCUT2D eigenvalue weighted by atomic mass is 14.6. The standard InChI is InChI=1S/C15H30/c1-7-8-9-11(4)12(5)15-13(6)14(15)10(2)3/h10-15H,7-9H2,1-6H3. The average Bonchev–Trinajstić information content (AvgIpc) is 2.85. The van der Waals surface area contributed by atoms with E-state index in [1.54, 1.807) is 0 Å². The Labute approximate surface area is 96.8 Å². The van der Waals surface area contributed by atoms with Crippen molar-refractivity contribution in [2.75, 3.05) is 0 Å². The quantitative estimate of drug-likeness (QED) is 0.579. The van der Waals surface area contributed by atoms with Crippen LogP contribution in [0.5, 0.6) is 0 Å². The Bertz CT molecular complexity index is 182. The summed E-state index contributed by atoms with van der Waals surface area (Å²) in [5.41, 5.74) is 0. The topological polar surface area (TPSA) is 0 Å². The summed E-state index contributed by atoms with van der Waals surface area (Å²) in [7, 11) is 0. The van der Waals surface area contributed by atoms with Gasteiger partial charge in [0.1, 0.15) is 0 Å². The first-order valence-electron chi connectivity index (χ1n) is 7.00. The molecule has 5 unspecified atom stereocenters. The third kappa shape index (κ3) is 2.98. The number of hydrogen-bond acceptors (Lipinski definition) is 0. The van der Waals surface area contributed by atoms with Crippen LogP contribution >= 0.6 is 0 Å². The highest BCUT2D eigenvalue weighted by Crippen LogP contribution is 2.56. The summed E-state index contributed by atoms with van der Waals surface area (Å²) < 4.78 is 0. The predicted molar refractivity (Wildman–Crippen MR) is 68.8 cm³/mol. The van der Waals surface area contributed by atoms with Crippen LogP contribution in [0.3, 0.4) is 0 Å². The van der Waals surface area contributed by atoms with Gasteiger partial charge in [-0.2, -0.15) is 0 Å². The van der Waals surface area contributed by atoms with Crippen LogP contribution in [0.2, 0.25) is 0 Å². The second-order valence-electron chi connectivity index (χ2n) is 6.24. The fourth-order valence-corrected chi connectivity index (χ4v) is 3.58. The Morgan fingerprint density at radius 3 is 2.00 bits per heavy atom. The van der Waals surface area contributed by atoms with Crippen molar-refractivity contribution in [3.05, 3.63) is 0 Å². The lowest BCUT2D eigenvalue weighted by Gasteiger charge is -2.20. The molecule has 0 heterocycles. The molecule has 1 fully saturated rings. The van der Waals surface area contributed by atoms with Gasteiger partial charge in [-0.3, -0.25) is 0 Å². The summed E-state index contributed by atoms with van der Waals surface area (Å²) in [6, 6.07) is 0. The second kappa shape index (κ2) is 5.37. The summed E-state index contributed by atoms with van der Waals surface area (Å²) in [5.74, 6) is 5.80. The maximum absolute atomic E-state index is 2.49. The van der Waals surface area contributed by atoms with Crippen LogP contribution in [-0.2, 0) is 0 Å². The zero-order valence-electron chi connectivity index (χ0n) is 11.6. The molecule has 1 rings (SSSR count). The third-order valence-electron chi connectivity index (χ3n) is 4.81. The van der Waals surface area contributed by atoms with Gasteiger partial charge in [0.15, 0.2) is 0 Å². The van der Waals surface area contributed by atoms with Crippen molar-refractivity contribution >= 4 is 0 Å². The van der Waals surface area contributed by atoms with Crippen LogP contribution in [0.15, 0.2) is 0 Å². The third-order valence-corrected chi connectivity index (χ3v) is 4.81. The van der Waals surface area contributed by atoms with Crippen molar-refractivity contribution in [1.29, 1.82) is 0 Å². The van der Waals surface area contributed by atoms with E-state index in [2.05, 4.69) is 41.5 Å². The second-order valence-corrected chi connectivity index (χ2v) is 6.24. The van der Waals surface area contributed by atoms with E-state index >= 15 is 0 Å². The van der Waals surface area contributed by atoms with E-state index < -0.39 is 0 Å². The molecule has 0 nitrogen and oxygen atoms in total. The molecule has 0 aromatic carbocycles. The minimum absolute atomic E-state index is 0.894. The molecular formula is C15H30. The first-order valence-corrected chi connectivity index (χ1v) is 7.00. The van der Waals surface area contributed by atoms with Gasteiger partial charge < -0.3 is 0 Å². The van der Waals surface area contributed by atoms with Crippen LogP contribution in [0.1, 0.15) is 60.8 Å². The van der Waals surface area contributed by atoms with Gasteiger partial charge in [0.2, 0.25) is 0 Å². The van der Waals surface area contributed by atoms with Crippen molar-refractivity contribution in [1.82, 2.24) is 0 Å². The molecule has 0 amide bonds. The Morgan fingerprint density at radius 2 is 1.60 bits per heavy atom. The highest BCUT2D eigenvalue weighted by Gasteiger charge is 2.51. The molecule has 0 saturated heterocycles. The normalized spacial score (nSPS) is 34.2. The zero-order valence-corrected chi connectivity index (χ0v) is 11.6. The monoisotopic (exact) mass is 210 g/mol. The fourth-order valence-electron chi connectivity index (χ4n) is 3.58. The molecule has 5 atom stereocenters. The first kappa shape index (κ1) is 13.1. The zero-order chi connectivity index (χ0) is 11.6. The summed E-state index contributed by atoms with van der Waals surface area (Å²) in [4.78, 5) is 0. The maximum Gasteiger partial charge on any atom is -0.0324 e. The molecule has 0 spiro atoms. The Balaban J connectivity index is 2.38. The first-order chi connectivity index (χ1) is 7.00. The molecule has 1 saturated carbocycles. The Morgan fingerprint density at radius 1 is 1.00 bits per heavy atom. The molecule has 0 aromatic heterocycles. The van der Waals surface area contributed by atoms with Gasteiger partial charge in [-0.15, -0.1) is 0 Å². The lowest BCUT2D eigenvalue weighted by molar-refractivity contribution is 0.292. The lowest BCUT2D eigenvalue weighted by atomic mass is 9.85. The van der Waals surface area contributed by atoms with E-state index in [4.69, 9.17) is 0 Å². The maximum atomic E-state index is 2.49. The number of unbranched alkanes of at least 4 members (excludes halogenated alkanes) is 1. The number of rotatable bonds is 6. The van der Waals surface area contributed by atoms with E-state index in [0.717, 1.165) is 35.5 Å². The van der Waals surface area contributed by atoms with E-state index in [1.165, 1.54) is 19.3 Å². The van der Waals surface area contributed by atoms with Crippen LogP contribution in [0, 0.1) is 35.5 Å². The molecule has 0 aliphatic heterocycles. The summed E-state index contributed by atoms with van der Waals surface area (Å²) in [5, 5.41) is 0. The molecule has 0 heteroatoms. The highest BCUT2D eigenvalue weighted by molar-refractivity contribution is 4.99. The van der Waals surface area contributed by atoms with Gasteiger partial charge in [-0.05, 0) is 35.5 Å². The van der Waals surface area contributed by atoms with Crippen LogP contribution in [0.25, 0.3) is 0 Å². The van der Waals surface area contributed by atoms with Crippen LogP contribution in [-0.4, -0.2) is 0 Å². The van der Waals surface area contributed by atoms with Crippen molar-refractivity contribution in [2.45, 2.75) is 60.8 Å². The SMILES string of the molecule is CCCCC(C)C(C)C1C(C)C1C(C)C. The Hall–Kier alpha value is 0. The van der Waals surface area contributed by atoms with Crippen LogP contribution < -0.4 is 0 Å². The van der Waals surface area contributed by atoms with E-state index in [-0.39, 0.29) is 0 Å². The van der Waals surface area contributed by atoms with E-state index in [9.17, 15) is 0 Å². The smallest absolute Gasteiger partial charge is 0.0324 e. The van der Waals surface area contributed by atoms with Crippen molar-refractivity contribution < 1.29 is 0 Å². The molecule has 0 N–H and O–H groups in total. The van der Waals surface area contributed by atoms with Crippen molar-refractivity contribution in [3.63, 3.8) is 0 Å². The molecule has 0 bridgehead atoms. The summed E-state index contributed by atoms with van der Waals surface area (Å²) in [6.45, 7) is 14.5. The predicted octanol–water partition coefficient (Wildman–Crippen LogP) is 4.99. The summed E-state index contributed by atoms with van der Waals surface area (Å²) >= 11 is 0. The average molecular weight is 210 g/mol. The van der Waals surface area contributed by atoms with Gasteiger partial charge in [0, 0.05) is 0 Å². The molecule has 1 aliphatic carbocycles. The Kier molecular flexibility index (Phi) is 4.67. The number of hydrogen-bond donors (Lipinski definition) is 0. The van der Waals surface area contributed by atoms with Gasteiger partial charge in [-0.25, -0.2) is 0 Å². The molecule has 0 aromatic rings. The van der Waals surface area contributed by atoms with Crippen molar-refractivity contribution in [3.8, 4) is 0 Å². The van der Waals surface area contributed by atoms with Gasteiger partial charge in [-0.1, -0.05) is 60.8 Å². The lowest BCUT2D eigenvalue weighted by Crippen LogP contribution is -2.12. The summed E-state index contributed by atoms with van der Waals surface area (Å²) in [6.07, 6.45) is 4.20. The van der Waals surface area contributed by atoms with Gasteiger partial charge in [0.05, 0.1) is 0 Å². The molecule has 1 aliphatic rings. The largest absolute Gasteiger partial charge is 0.0654 e. The molecule has 15 heavy (non-hydrogen) atoms. The van der Waals surface area contributed by atoms with Crippen LogP contribution in [0.4, 0.5) is 0 Å². The van der Waals surface area contributed by atoms with E-state index in [1.807, 2.05) is 0 Å². The molecule has 90 valence electrons. The minimum atomic E-state index is 0.894. The van der Waals surface area contributed by atoms with Gasteiger partial charge >= 0.3 is 0 Å². The molecule has 0 radical (unpaired) electrons. The van der Waals surface area contributed by atoms with Gasteiger partial charge in [0.25, 0.3) is 0 Å². The van der Waals surface area contributed by atoms with Crippen molar-refractivity contribution in [2.24, 2.45) is 35.5 Å². The fraction of sp³-hybridized carbons (Fsp3) is 1.00. The van der Waals surface area contributed by atoms with E-state index in [0.29, 0.717) is 0 Å². The minimum Gasteiger partial charge on any atom is -0.0654 e.